The predicted molar refractivity (Wildman–Crippen MR) is 67.3 cm³/mol. The number of rotatable bonds is 4. The van der Waals surface area contributed by atoms with Crippen LogP contribution in [0.1, 0.15) is 30.0 Å². The van der Waals surface area contributed by atoms with E-state index < -0.39 is 11.7 Å². The predicted octanol–water partition coefficient (Wildman–Crippen LogP) is 1.83. The standard InChI is InChI=1S/C13H16F3N3O/c14-13(15,16)10-4-1-3-9(7-10)11-8-12(20)18-19(11)6-2-5-17/h1,3-4,7,11H,2,5-6,8,17H2,(H,18,20). The molecule has 0 saturated carbocycles. The van der Waals surface area contributed by atoms with Crippen molar-refractivity contribution in [3.63, 3.8) is 0 Å². The van der Waals surface area contributed by atoms with Crippen molar-refractivity contribution in [3.05, 3.63) is 35.4 Å². The Morgan fingerprint density at radius 1 is 1.40 bits per heavy atom. The quantitative estimate of drug-likeness (QED) is 0.888. The summed E-state index contributed by atoms with van der Waals surface area (Å²) < 4.78 is 38.2. The highest BCUT2D eigenvalue weighted by atomic mass is 19.4. The van der Waals surface area contributed by atoms with E-state index in [4.69, 9.17) is 5.73 Å². The fourth-order valence-corrected chi connectivity index (χ4v) is 2.26. The minimum atomic E-state index is -4.38. The summed E-state index contributed by atoms with van der Waals surface area (Å²) >= 11 is 0. The lowest BCUT2D eigenvalue weighted by atomic mass is 10.0. The van der Waals surface area contributed by atoms with Gasteiger partial charge >= 0.3 is 6.18 Å². The second-order valence-electron chi connectivity index (χ2n) is 4.71. The highest BCUT2D eigenvalue weighted by Gasteiger charge is 2.34. The smallest absolute Gasteiger partial charge is 0.330 e. The van der Waals surface area contributed by atoms with Gasteiger partial charge in [0.15, 0.2) is 0 Å². The van der Waals surface area contributed by atoms with Crippen LogP contribution in [0.5, 0.6) is 0 Å². The summed E-state index contributed by atoms with van der Waals surface area (Å²) in [5.74, 6) is -0.190. The lowest BCUT2D eigenvalue weighted by Crippen LogP contribution is -2.36. The Labute approximate surface area is 114 Å². The molecular formula is C13H16F3N3O. The van der Waals surface area contributed by atoms with Crippen LogP contribution >= 0.6 is 0 Å². The molecule has 4 nitrogen and oxygen atoms in total. The van der Waals surface area contributed by atoms with E-state index in [1.165, 1.54) is 6.07 Å². The largest absolute Gasteiger partial charge is 0.416 e. The highest BCUT2D eigenvalue weighted by Crippen LogP contribution is 2.33. The number of hydrogen-bond donors (Lipinski definition) is 2. The Hall–Kier alpha value is -1.60. The second kappa shape index (κ2) is 5.80. The van der Waals surface area contributed by atoms with Gasteiger partial charge in [-0.2, -0.15) is 13.2 Å². The zero-order chi connectivity index (χ0) is 14.8. The average molecular weight is 287 g/mol. The molecule has 1 atom stereocenters. The van der Waals surface area contributed by atoms with E-state index in [1.807, 2.05) is 0 Å². The first-order chi connectivity index (χ1) is 9.41. The molecule has 1 fully saturated rings. The molecule has 20 heavy (non-hydrogen) atoms. The fourth-order valence-electron chi connectivity index (χ4n) is 2.26. The van der Waals surface area contributed by atoms with Gasteiger partial charge in [0.05, 0.1) is 11.6 Å². The van der Waals surface area contributed by atoms with Crippen LogP contribution in [0.2, 0.25) is 0 Å². The molecule has 3 N–H and O–H groups in total. The number of benzene rings is 1. The average Bonchev–Trinajstić information content (AvgIpc) is 2.77. The maximum absolute atomic E-state index is 12.7. The van der Waals surface area contributed by atoms with Gasteiger partial charge in [-0.1, -0.05) is 12.1 Å². The number of alkyl halides is 3. The fraction of sp³-hybridized carbons (Fsp3) is 0.462. The molecular weight excluding hydrogens is 271 g/mol. The van der Waals surface area contributed by atoms with Crippen LogP contribution < -0.4 is 11.2 Å². The van der Waals surface area contributed by atoms with E-state index in [-0.39, 0.29) is 18.4 Å². The molecule has 0 radical (unpaired) electrons. The number of carbonyl (C=O) groups is 1. The van der Waals surface area contributed by atoms with Crippen molar-refractivity contribution in [1.82, 2.24) is 10.4 Å². The van der Waals surface area contributed by atoms with Crippen LogP contribution in [0.3, 0.4) is 0 Å². The summed E-state index contributed by atoms with van der Waals surface area (Å²) in [6.45, 7) is 0.977. The number of nitrogens with one attached hydrogen (secondary N) is 1. The molecule has 1 aromatic rings. The maximum Gasteiger partial charge on any atom is 0.416 e. The minimum absolute atomic E-state index is 0.159. The molecule has 1 aromatic carbocycles. The molecule has 1 heterocycles. The third kappa shape index (κ3) is 3.29. The van der Waals surface area contributed by atoms with Gasteiger partial charge in [0.1, 0.15) is 0 Å². The van der Waals surface area contributed by atoms with Crippen LogP contribution in [-0.2, 0) is 11.0 Å². The first kappa shape index (κ1) is 14.8. The molecule has 0 bridgehead atoms. The molecule has 1 aliphatic heterocycles. The first-order valence-electron chi connectivity index (χ1n) is 6.35. The molecule has 2 rings (SSSR count). The maximum atomic E-state index is 12.7. The van der Waals surface area contributed by atoms with E-state index >= 15 is 0 Å². The molecule has 0 aliphatic carbocycles. The van der Waals surface area contributed by atoms with Crippen LogP contribution in [-0.4, -0.2) is 24.0 Å². The Bertz CT molecular complexity index is 490. The summed E-state index contributed by atoms with van der Waals surface area (Å²) in [5, 5.41) is 1.66. The van der Waals surface area contributed by atoms with Gasteiger partial charge in [-0.25, -0.2) is 5.01 Å². The first-order valence-corrected chi connectivity index (χ1v) is 6.35. The molecule has 1 unspecified atom stereocenters. The number of hydrazine groups is 1. The van der Waals surface area contributed by atoms with E-state index in [1.54, 1.807) is 11.1 Å². The lowest BCUT2D eigenvalue weighted by molar-refractivity contribution is -0.137. The third-order valence-electron chi connectivity index (χ3n) is 3.23. The van der Waals surface area contributed by atoms with E-state index in [9.17, 15) is 18.0 Å². The van der Waals surface area contributed by atoms with Crippen molar-refractivity contribution < 1.29 is 18.0 Å². The topological polar surface area (TPSA) is 58.4 Å². The zero-order valence-corrected chi connectivity index (χ0v) is 10.8. The van der Waals surface area contributed by atoms with Crippen molar-refractivity contribution in [1.29, 1.82) is 0 Å². The van der Waals surface area contributed by atoms with Crippen LogP contribution in [0.15, 0.2) is 24.3 Å². The van der Waals surface area contributed by atoms with Gasteiger partial charge < -0.3 is 5.73 Å². The Morgan fingerprint density at radius 3 is 2.80 bits per heavy atom. The van der Waals surface area contributed by atoms with E-state index in [0.29, 0.717) is 25.1 Å². The van der Waals surface area contributed by atoms with Gasteiger partial charge in [0.2, 0.25) is 5.91 Å². The number of amides is 1. The molecule has 0 spiro atoms. The third-order valence-corrected chi connectivity index (χ3v) is 3.23. The number of hydrogen-bond acceptors (Lipinski definition) is 3. The highest BCUT2D eigenvalue weighted by molar-refractivity contribution is 5.78. The van der Waals surface area contributed by atoms with Crippen LogP contribution in [0, 0.1) is 0 Å². The van der Waals surface area contributed by atoms with E-state index in [2.05, 4.69) is 5.43 Å². The SMILES string of the molecule is NCCCN1NC(=O)CC1c1cccc(C(F)(F)F)c1. The minimum Gasteiger partial charge on any atom is -0.330 e. The number of carbonyl (C=O) groups excluding carboxylic acids is 1. The molecule has 1 aliphatic rings. The number of nitrogens with zero attached hydrogens (tertiary/aromatic N) is 1. The number of halogens is 3. The summed E-state index contributed by atoms with van der Waals surface area (Å²) in [7, 11) is 0. The zero-order valence-electron chi connectivity index (χ0n) is 10.8. The van der Waals surface area contributed by atoms with Crippen molar-refractivity contribution in [2.45, 2.75) is 25.1 Å². The Morgan fingerprint density at radius 2 is 2.15 bits per heavy atom. The van der Waals surface area contributed by atoms with Crippen LogP contribution in [0.4, 0.5) is 13.2 Å². The van der Waals surface area contributed by atoms with E-state index in [0.717, 1.165) is 12.1 Å². The van der Waals surface area contributed by atoms with Crippen molar-refractivity contribution in [2.75, 3.05) is 13.1 Å². The van der Waals surface area contributed by atoms with Gasteiger partial charge in [-0.3, -0.25) is 10.2 Å². The van der Waals surface area contributed by atoms with Gasteiger partial charge in [0.25, 0.3) is 0 Å². The summed E-state index contributed by atoms with van der Waals surface area (Å²) in [6.07, 6.45) is -3.56. The second-order valence-corrected chi connectivity index (χ2v) is 4.71. The molecule has 0 aromatic heterocycles. The molecule has 1 amide bonds. The van der Waals surface area contributed by atoms with Crippen LogP contribution in [0.25, 0.3) is 0 Å². The Kier molecular flexibility index (Phi) is 4.29. The monoisotopic (exact) mass is 287 g/mol. The molecule has 1 saturated heterocycles. The molecule has 7 heteroatoms. The van der Waals surface area contributed by atoms with Crippen molar-refractivity contribution in [2.24, 2.45) is 5.73 Å². The summed E-state index contributed by atoms with van der Waals surface area (Å²) in [6, 6.07) is 4.71. The normalized spacial score (nSPS) is 20.2. The van der Waals surface area contributed by atoms with Gasteiger partial charge in [0, 0.05) is 13.0 Å². The molecule has 110 valence electrons. The summed E-state index contributed by atoms with van der Waals surface area (Å²) in [5.41, 5.74) is 7.85. The Balaban J connectivity index is 2.23. The van der Waals surface area contributed by atoms with Gasteiger partial charge in [-0.05, 0) is 30.7 Å². The van der Waals surface area contributed by atoms with Gasteiger partial charge in [-0.15, -0.1) is 0 Å². The van der Waals surface area contributed by atoms with Crippen molar-refractivity contribution >= 4 is 5.91 Å². The lowest BCUT2D eigenvalue weighted by Gasteiger charge is -2.23. The van der Waals surface area contributed by atoms with Crippen molar-refractivity contribution in [3.8, 4) is 0 Å². The summed E-state index contributed by atoms with van der Waals surface area (Å²) in [4.78, 5) is 11.5. The number of nitrogens with two attached hydrogens (primary N) is 1.